The molecule has 0 aliphatic carbocycles. The molecule has 0 spiro atoms. The monoisotopic (exact) mass is 403 g/mol. The summed E-state index contributed by atoms with van der Waals surface area (Å²) in [7, 11) is 1.57. The van der Waals surface area contributed by atoms with Gasteiger partial charge in [-0.3, -0.25) is 0 Å². The number of nitrogens with zero attached hydrogens (tertiary/aromatic N) is 2. The first kappa shape index (κ1) is 19.3. The number of carboxylic acid groups (broad SMARTS) is 1. The molecule has 0 radical (unpaired) electrons. The van der Waals surface area contributed by atoms with E-state index in [9.17, 15) is 14.3 Å². The second-order valence-corrected chi connectivity index (χ2v) is 6.91. The lowest BCUT2D eigenvalue weighted by Gasteiger charge is -2.11. The lowest BCUT2D eigenvalue weighted by atomic mass is 9.99. The van der Waals surface area contributed by atoms with Crippen molar-refractivity contribution in [2.24, 2.45) is 0 Å². The normalized spacial score (nSPS) is 10.9. The fourth-order valence-electron chi connectivity index (χ4n) is 3.40. The third kappa shape index (κ3) is 3.53. The van der Waals surface area contributed by atoms with E-state index >= 15 is 0 Å². The van der Waals surface area contributed by atoms with E-state index in [2.05, 4.69) is 9.97 Å². The van der Waals surface area contributed by atoms with Crippen LogP contribution >= 0.6 is 0 Å². The van der Waals surface area contributed by atoms with E-state index in [4.69, 9.17) is 10.5 Å². The Kier molecular flexibility index (Phi) is 4.79. The number of anilines is 1. The van der Waals surface area contributed by atoms with Crippen molar-refractivity contribution in [2.75, 3.05) is 12.8 Å². The largest absolute Gasteiger partial charge is 0.481 e. The topological polar surface area (TPSA) is 98.3 Å². The van der Waals surface area contributed by atoms with Crippen LogP contribution in [0, 0.1) is 12.7 Å². The number of rotatable bonds is 4. The van der Waals surface area contributed by atoms with Crippen LogP contribution in [0.25, 0.3) is 33.2 Å². The molecule has 0 fully saturated rings. The highest BCUT2D eigenvalue weighted by Crippen LogP contribution is 2.32. The molecule has 0 bridgehead atoms. The van der Waals surface area contributed by atoms with Gasteiger partial charge in [0.25, 0.3) is 0 Å². The average Bonchev–Trinajstić information content (AvgIpc) is 2.72. The summed E-state index contributed by atoms with van der Waals surface area (Å²) in [5, 5.41) is 10.00. The number of carboxylic acids is 1. The number of aryl methyl sites for hydroxylation is 1. The van der Waals surface area contributed by atoms with E-state index in [0.717, 1.165) is 28.1 Å². The van der Waals surface area contributed by atoms with Crippen LogP contribution in [-0.4, -0.2) is 28.2 Å². The zero-order valence-electron chi connectivity index (χ0n) is 16.3. The maximum absolute atomic E-state index is 14.0. The predicted octanol–water partition coefficient (Wildman–Crippen LogP) is 4.70. The van der Waals surface area contributed by atoms with Crippen molar-refractivity contribution in [1.82, 2.24) is 9.97 Å². The molecule has 30 heavy (non-hydrogen) atoms. The Morgan fingerprint density at radius 3 is 2.57 bits per heavy atom. The third-order valence-corrected chi connectivity index (χ3v) is 4.86. The van der Waals surface area contributed by atoms with Crippen molar-refractivity contribution in [1.29, 1.82) is 0 Å². The van der Waals surface area contributed by atoms with Crippen molar-refractivity contribution in [3.63, 3.8) is 0 Å². The summed E-state index contributed by atoms with van der Waals surface area (Å²) in [6, 6.07) is 13.0. The number of halogens is 1. The average molecular weight is 403 g/mol. The van der Waals surface area contributed by atoms with Crippen LogP contribution in [0.5, 0.6) is 5.88 Å². The summed E-state index contributed by atoms with van der Waals surface area (Å²) >= 11 is 0. The van der Waals surface area contributed by atoms with Crippen LogP contribution in [0.1, 0.15) is 15.9 Å². The van der Waals surface area contributed by atoms with Gasteiger partial charge in [-0.1, -0.05) is 6.07 Å². The molecular formula is C23H18FN3O3. The Labute approximate surface area is 171 Å². The molecule has 0 saturated heterocycles. The number of benzene rings is 2. The van der Waals surface area contributed by atoms with E-state index in [1.54, 1.807) is 19.4 Å². The number of methoxy groups -OCH3 is 1. The lowest BCUT2D eigenvalue weighted by Crippen LogP contribution is -2.00. The molecule has 0 aliphatic rings. The van der Waals surface area contributed by atoms with Gasteiger partial charge in [-0.15, -0.1) is 0 Å². The number of ether oxygens (including phenoxy) is 1. The van der Waals surface area contributed by atoms with Gasteiger partial charge in [0.15, 0.2) is 0 Å². The molecule has 0 atom stereocenters. The first-order valence-electron chi connectivity index (χ1n) is 9.11. The number of pyridine rings is 2. The molecular weight excluding hydrogens is 385 g/mol. The number of carbonyl (C=O) groups is 1. The van der Waals surface area contributed by atoms with E-state index < -0.39 is 11.8 Å². The molecule has 2 aromatic heterocycles. The van der Waals surface area contributed by atoms with Crippen LogP contribution < -0.4 is 10.5 Å². The molecule has 150 valence electrons. The zero-order valence-corrected chi connectivity index (χ0v) is 16.3. The van der Waals surface area contributed by atoms with Gasteiger partial charge in [0.05, 0.1) is 18.2 Å². The van der Waals surface area contributed by atoms with Crippen molar-refractivity contribution in [3.05, 3.63) is 71.7 Å². The molecule has 3 N–H and O–H groups in total. The minimum Gasteiger partial charge on any atom is -0.481 e. The second kappa shape index (κ2) is 7.44. The highest BCUT2D eigenvalue weighted by Gasteiger charge is 2.13. The fourth-order valence-corrected chi connectivity index (χ4v) is 3.40. The van der Waals surface area contributed by atoms with Gasteiger partial charge in [-0.25, -0.2) is 19.2 Å². The Balaban J connectivity index is 1.85. The van der Waals surface area contributed by atoms with Gasteiger partial charge in [-0.05, 0) is 60.5 Å². The van der Waals surface area contributed by atoms with Crippen molar-refractivity contribution >= 4 is 22.7 Å². The Morgan fingerprint density at radius 1 is 1.07 bits per heavy atom. The maximum Gasteiger partial charge on any atom is 0.335 e. The maximum atomic E-state index is 14.0. The molecule has 2 aromatic carbocycles. The fraction of sp³-hybridized carbons (Fsp3) is 0.0870. The number of aromatic nitrogens is 2. The summed E-state index contributed by atoms with van der Waals surface area (Å²) in [4.78, 5) is 20.0. The highest BCUT2D eigenvalue weighted by atomic mass is 19.1. The molecule has 0 unspecified atom stereocenters. The number of fused-ring (bicyclic) bond motifs is 1. The molecule has 4 aromatic rings. The van der Waals surface area contributed by atoms with E-state index in [-0.39, 0.29) is 11.4 Å². The number of hydrogen-bond donors (Lipinski definition) is 2. The van der Waals surface area contributed by atoms with Gasteiger partial charge >= 0.3 is 5.97 Å². The predicted molar refractivity (Wildman–Crippen MR) is 113 cm³/mol. The van der Waals surface area contributed by atoms with Gasteiger partial charge in [0.1, 0.15) is 11.6 Å². The van der Waals surface area contributed by atoms with Crippen LogP contribution in [0.15, 0.2) is 54.7 Å². The third-order valence-electron chi connectivity index (χ3n) is 4.86. The minimum atomic E-state index is -1.22. The number of nitrogens with two attached hydrogens (primary N) is 1. The molecule has 0 saturated carbocycles. The Hall–Kier alpha value is -4.00. The van der Waals surface area contributed by atoms with Crippen molar-refractivity contribution in [3.8, 4) is 28.1 Å². The second-order valence-electron chi connectivity index (χ2n) is 6.91. The first-order chi connectivity index (χ1) is 14.4. The van der Waals surface area contributed by atoms with Crippen molar-refractivity contribution in [2.45, 2.75) is 6.92 Å². The summed E-state index contributed by atoms with van der Waals surface area (Å²) in [6.45, 7) is 1.92. The number of nitrogen functional groups attached to an aromatic ring is 1. The summed E-state index contributed by atoms with van der Waals surface area (Å²) in [5.41, 5.74) is 10.2. The van der Waals surface area contributed by atoms with E-state index in [0.29, 0.717) is 22.5 Å². The number of aromatic carboxylic acids is 1. The highest BCUT2D eigenvalue weighted by molar-refractivity contribution is 5.94. The van der Waals surface area contributed by atoms with Crippen LogP contribution in [0.3, 0.4) is 0 Å². The summed E-state index contributed by atoms with van der Waals surface area (Å²) in [6.07, 6.45) is 1.73. The van der Waals surface area contributed by atoms with E-state index in [1.165, 1.54) is 12.1 Å². The molecule has 4 rings (SSSR count). The standard InChI is InChI=1S/C23H18FN3O3/c1-12-5-17(11-26-22(12)30-2)13-3-4-20-15(6-13)10-19(21(25)27-20)14-7-16(23(28)29)9-18(24)8-14/h3-11H,1-2H3,(H2,25,27)(H,28,29). The molecule has 6 nitrogen and oxygen atoms in total. The minimum absolute atomic E-state index is 0.155. The lowest BCUT2D eigenvalue weighted by molar-refractivity contribution is 0.0696. The zero-order chi connectivity index (χ0) is 21.4. The molecule has 7 heteroatoms. The summed E-state index contributed by atoms with van der Waals surface area (Å²) in [5.74, 6) is -1.11. The SMILES string of the molecule is COc1ncc(-c2ccc3nc(N)c(-c4cc(F)cc(C(=O)O)c4)cc3c2)cc1C. The van der Waals surface area contributed by atoms with E-state index in [1.807, 2.05) is 31.2 Å². The molecule has 0 amide bonds. The van der Waals surface area contributed by atoms with Gasteiger partial charge < -0.3 is 15.6 Å². The Morgan fingerprint density at radius 2 is 1.87 bits per heavy atom. The van der Waals surface area contributed by atoms with Crippen LogP contribution in [-0.2, 0) is 0 Å². The quantitative estimate of drug-likeness (QED) is 0.512. The number of hydrogen-bond acceptors (Lipinski definition) is 5. The van der Waals surface area contributed by atoms with Gasteiger partial charge in [0, 0.05) is 28.3 Å². The molecule has 2 heterocycles. The Bertz CT molecular complexity index is 1300. The smallest absolute Gasteiger partial charge is 0.335 e. The molecule has 0 aliphatic heterocycles. The van der Waals surface area contributed by atoms with Crippen LogP contribution in [0.4, 0.5) is 10.2 Å². The van der Waals surface area contributed by atoms with Gasteiger partial charge in [-0.2, -0.15) is 0 Å². The van der Waals surface area contributed by atoms with Crippen LogP contribution in [0.2, 0.25) is 0 Å². The summed E-state index contributed by atoms with van der Waals surface area (Å²) < 4.78 is 19.2. The van der Waals surface area contributed by atoms with Crippen molar-refractivity contribution < 1.29 is 19.0 Å². The first-order valence-corrected chi connectivity index (χ1v) is 9.11. The van der Waals surface area contributed by atoms with Gasteiger partial charge in [0.2, 0.25) is 5.88 Å².